The maximum absolute atomic E-state index is 14.1. The first kappa shape index (κ1) is 33.5. The highest BCUT2D eigenvalue weighted by atomic mass is 16.5. The summed E-state index contributed by atoms with van der Waals surface area (Å²) in [6, 6.07) is 12.9. The van der Waals surface area contributed by atoms with Crippen molar-refractivity contribution in [3.8, 4) is 17.3 Å². The SMILES string of the molecule is CC(C)[C@H](O)C(=O)CC1Cc2ccc3c(c2)C2(c4ccccc4N[C@H]2O3)c2oc(nc2-c2nc(C(=O)NC(C)(C)C)co2)[C@H](C(C)C)NC1=O. The Morgan fingerprint density at radius 3 is 2.54 bits per heavy atom. The number of aromatic nitrogens is 2. The Kier molecular flexibility index (Phi) is 8.12. The number of rotatable bonds is 7. The van der Waals surface area contributed by atoms with Gasteiger partial charge in [-0.15, -0.1) is 0 Å². The number of hydrogen-bond acceptors (Lipinski definition) is 10. The van der Waals surface area contributed by atoms with E-state index in [9.17, 15) is 19.5 Å². The van der Waals surface area contributed by atoms with Gasteiger partial charge in [-0.3, -0.25) is 14.4 Å². The monoisotopic (exact) mass is 681 g/mol. The minimum atomic E-state index is -1.18. The van der Waals surface area contributed by atoms with E-state index in [-0.39, 0.29) is 59.5 Å². The fourth-order valence-electron chi connectivity index (χ4n) is 7.19. The largest absolute Gasteiger partial charge is 0.469 e. The Hall–Kier alpha value is -4.97. The van der Waals surface area contributed by atoms with Crippen molar-refractivity contribution in [2.24, 2.45) is 17.8 Å². The van der Waals surface area contributed by atoms with Crippen LogP contribution in [0.2, 0.25) is 0 Å². The lowest BCUT2D eigenvalue weighted by molar-refractivity contribution is -0.135. The standard InChI is InChI=1S/C38H43N5O7/c1-18(2)28-35-42-29(34-39-25(17-48-34)33(47)43-37(5,6)7)31(50-35)38-22-10-8-9-11-24(22)40-36(38)49-27-13-12-20(15-23(27)38)14-21(32(46)41-28)16-26(44)30(45)19(3)4/h8-13,15,17-19,21,28,30,36,40,45H,14,16H2,1-7H3,(H,41,46)(H,43,47)/t21?,28-,30-,36-,38?/m0/s1. The molecule has 2 aromatic carbocycles. The molecule has 0 radical (unpaired) electrons. The number of fused-ring (bicyclic) bond motifs is 4. The van der Waals surface area contributed by atoms with E-state index >= 15 is 0 Å². The molecule has 3 aliphatic rings. The molecular weight excluding hydrogens is 638 g/mol. The second kappa shape index (κ2) is 12.1. The van der Waals surface area contributed by atoms with Crippen LogP contribution in [0.5, 0.6) is 5.75 Å². The Balaban J connectivity index is 1.45. The van der Waals surface area contributed by atoms with Gasteiger partial charge in [-0.25, -0.2) is 9.97 Å². The molecule has 0 saturated heterocycles. The van der Waals surface area contributed by atoms with Gasteiger partial charge in [-0.05, 0) is 62.3 Å². The minimum absolute atomic E-state index is 0.0750. The predicted octanol–water partition coefficient (Wildman–Crippen LogP) is 5.30. The van der Waals surface area contributed by atoms with Crippen molar-refractivity contribution in [2.45, 2.75) is 90.6 Å². The van der Waals surface area contributed by atoms with Crippen LogP contribution in [0.4, 0.5) is 5.69 Å². The Bertz CT molecular complexity index is 1990. The molecule has 7 rings (SSSR count). The summed E-state index contributed by atoms with van der Waals surface area (Å²) >= 11 is 0. The van der Waals surface area contributed by atoms with Crippen LogP contribution in [0.25, 0.3) is 11.6 Å². The van der Waals surface area contributed by atoms with E-state index in [1.807, 2.05) is 77.1 Å². The molecule has 4 bridgehead atoms. The number of anilines is 1. The van der Waals surface area contributed by atoms with Crippen molar-refractivity contribution in [2.75, 3.05) is 5.32 Å². The molecule has 2 aromatic heterocycles. The summed E-state index contributed by atoms with van der Waals surface area (Å²) < 4.78 is 19.4. The zero-order chi connectivity index (χ0) is 35.7. The van der Waals surface area contributed by atoms with Crippen LogP contribution < -0.4 is 20.7 Å². The van der Waals surface area contributed by atoms with E-state index in [1.165, 1.54) is 6.26 Å². The van der Waals surface area contributed by atoms with Gasteiger partial charge in [0, 0.05) is 29.1 Å². The van der Waals surface area contributed by atoms with E-state index in [0.29, 0.717) is 11.5 Å². The maximum Gasteiger partial charge on any atom is 0.273 e. The molecule has 2 amide bonds. The maximum atomic E-state index is 14.1. The molecule has 12 nitrogen and oxygen atoms in total. The van der Waals surface area contributed by atoms with E-state index in [2.05, 4.69) is 20.9 Å². The van der Waals surface area contributed by atoms with Gasteiger partial charge >= 0.3 is 0 Å². The Labute approximate surface area is 290 Å². The number of amides is 2. The number of benzene rings is 2. The summed E-state index contributed by atoms with van der Waals surface area (Å²) in [5.41, 5.74) is 2.11. The van der Waals surface area contributed by atoms with Gasteiger partial charge in [-0.2, -0.15) is 0 Å². The summed E-state index contributed by atoms with van der Waals surface area (Å²) in [7, 11) is 0. The third-order valence-electron chi connectivity index (χ3n) is 9.67. The minimum Gasteiger partial charge on any atom is -0.469 e. The van der Waals surface area contributed by atoms with Crippen LogP contribution in [0.3, 0.4) is 0 Å². The number of aliphatic hydroxyl groups is 1. The van der Waals surface area contributed by atoms with Crippen molar-refractivity contribution in [3.63, 3.8) is 0 Å². The molecule has 3 aliphatic heterocycles. The zero-order valence-corrected chi connectivity index (χ0v) is 29.3. The Morgan fingerprint density at radius 1 is 1.06 bits per heavy atom. The second-order valence-corrected chi connectivity index (χ2v) is 15.3. The fourth-order valence-corrected chi connectivity index (χ4v) is 7.19. The molecule has 0 aliphatic carbocycles. The van der Waals surface area contributed by atoms with Gasteiger partial charge in [-0.1, -0.05) is 58.0 Å². The van der Waals surface area contributed by atoms with E-state index in [4.69, 9.17) is 18.6 Å². The van der Waals surface area contributed by atoms with Crippen molar-refractivity contribution in [3.05, 3.63) is 82.8 Å². The van der Waals surface area contributed by atoms with Crippen LogP contribution in [0.1, 0.15) is 99.8 Å². The highest BCUT2D eigenvalue weighted by molar-refractivity contribution is 5.93. The molecule has 50 heavy (non-hydrogen) atoms. The molecule has 5 atom stereocenters. The summed E-state index contributed by atoms with van der Waals surface area (Å²) in [5.74, 6) is -1.10. The number of ketones is 1. The number of oxazole rings is 2. The van der Waals surface area contributed by atoms with Gasteiger partial charge < -0.3 is 34.6 Å². The van der Waals surface area contributed by atoms with Crippen LogP contribution >= 0.6 is 0 Å². The number of para-hydroxylation sites is 1. The average molecular weight is 682 g/mol. The van der Waals surface area contributed by atoms with Crippen LogP contribution in [0, 0.1) is 17.8 Å². The molecule has 12 heteroatoms. The second-order valence-electron chi connectivity index (χ2n) is 15.3. The highest BCUT2D eigenvalue weighted by Gasteiger charge is 2.61. The van der Waals surface area contributed by atoms with Crippen molar-refractivity contribution in [1.29, 1.82) is 0 Å². The normalized spacial score (nSPS) is 22.8. The molecule has 262 valence electrons. The number of aliphatic hydroxyl groups excluding tert-OH is 1. The first-order valence-corrected chi connectivity index (χ1v) is 17.1. The van der Waals surface area contributed by atoms with Crippen LogP contribution in [-0.2, 0) is 21.4 Å². The zero-order valence-electron chi connectivity index (χ0n) is 29.3. The van der Waals surface area contributed by atoms with Crippen LogP contribution in [-0.4, -0.2) is 50.5 Å². The fraction of sp³-hybridized carbons (Fsp3) is 0.447. The molecule has 1 spiro atoms. The Morgan fingerprint density at radius 2 is 1.82 bits per heavy atom. The first-order chi connectivity index (χ1) is 23.7. The lowest BCUT2D eigenvalue weighted by atomic mass is 9.72. The number of carbonyl (C=O) groups is 3. The molecule has 0 fully saturated rings. The molecule has 0 saturated carbocycles. The molecule has 2 unspecified atom stereocenters. The van der Waals surface area contributed by atoms with Crippen LogP contribution in [0.15, 0.2) is 57.6 Å². The molecule has 4 aromatic rings. The number of hydrogen-bond donors (Lipinski definition) is 4. The summed E-state index contributed by atoms with van der Waals surface area (Å²) in [6.45, 7) is 13.1. The summed E-state index contributed by atoms with van der Waals surface area (Å²) in [6.07, 6.45) is -0.417. The number of nitrogens with zero attached hydrogens (tertiary/aromatic N) is 2. The smallest absolute Gasteiger partial charge is 0.273 e. The van der Waals surface area contributed by atoms with Crippen molar-refractivity contribution in [1.82, 2.24) is 20.6 Å². The number of carbonyl (C=O) groups excluding carboxylic acids is 3. The van der Waals surface area contributed by atoms with Gasteiger partial charge in [0.15, 0.2) is 29.2 Å². The van der Waals surface area contributed by atoms with E-state index in [1.54, 1.807) is 13.8 Å². The van der Waals surface area contributed by atoms with Gasteiger partial charge in [0.1, 0.15) is 29.6 Å². The quantitative estimate of drug-likeness (QED) is 0.201. The lowest BCUT2D eigenvalue weighted by Crippen LogP contribution is -2.41. The van der Waals surface area contributed by atoms with E-state index < -0.39 is 41.2 Å². The number of Topliss-reactive ketones (excluding diaryl/α,β-unsaturated/α-hetero) is 1. The number of nitrogens with one attached hydrogen (secondary N) is 3. The average Bonchev–Trinajstić information content (AvgIpc) is 3.82. The summed E-state index contributed by atoms with van der Waals surface area (Å²) in [4.78, 5) is 50.0. The molecular formula is C38H43N5O7. The molecule has 5 heterocycles. The third-order valence-corrected chi connectivity index (χ3v) is 9.67. The van der Waals surface area contributed by atoms with Gasteiger partial charge in [0.2, 0.25) is 17.7 Å². The third kappa shape index (κ3) is 5.55. The van der Waals surface area contributed by atoms with Gasteiger partial charge in [0.25, 0.3) is 5.91 Å². The number of ether oxygens (including phenoxy) is 1. The molecule has 4 N–H and O–H groups in total. The lowest BCUT2D eigenvalue weighted by Gasteiger charge is -2.28. The van der Waals surface area contributed by atoms with Gasteiger partial charge in [0.05, 0.1) is 0 Å². The predicted molar refractivity (Wildman–Crippen MR) is 183 cm³/mol. The van der Waals surface area contributed by atoms with Crippen molar-refractivity contribution >= 4 is 23.3 Å². The summed E-state index contributed by atoms with van der Waals surface area (Å²) in [5, 5.41) is 20.2. The van der Waals surface area contributed by atoms with Crippen molar-refractivity contribution < 1.29 is 33.1 Å². The topological polar surface area (TPSA) is 169 Å². The first-order valence-electron chi connectivity index (χ1n) is 17.1. The highest BCUT2D eigenvalue weighted by Crippen LogP contribution is 2.59. The van der Waals surface area contributed by atoms with E-state index in [0.717, 1.165) is 22.4 Å².